The molecule has 1 fully saturated rings. The number of urea groups is 1. The summed E-state index contributed by atoms with van der Waals surface area (Å²) in [5, 5.41) is 2.89. The maximum atomic E-state index is 13.1. The molecule has 0 unspecified atom stereocenters. The molecule has 0 spiro atoms. The summed E-state index contributed by atoms with van der Waals surface area (Å²) >= 11 is 6.81. The third-order valence-corrected chi connectivity index (χ3v) is 6.73. The molecule has 3 amide bonds. The Bertz CT molecular complexity index is 1180. The van der Waals surface area contributed by atoms with Gasteiger partial charge >= 0.3 is 6.03 Å². The van der Waals surface area contributed by atoms with Crippen molar-refractivity contribution in [3.63, 3.8) is 0 Å². The van der Waals surface area contributed by atoms with Gasteiger partial charge in [-0.15, -0.1) is 0 Å². The number of benzene rings is 3. The topological polar surface area (TPSA) is 71.1 Å². The molecule has 7 nitrogen and oxygen atoms in total. The SMILES string of the molecule is COc1cc(C(=O)N2CCN(C(=O)Nc3ccc(Br)cc3)CC2)ccc1OCc1ccc(Br)cc1. The number of ether oxygens (including phenoxy) is 2. The highest BCUT2D eigenvalue weighted by molar-refractivity contribution is 9.10. The van der Waals surface area contributed by atoms with Crippen molar-refractivity contribution < 1.29 is 19.1 Å². The van der Waals surface area contributed by atoms with Crippen LogP contribution < -0.4 is 14.8 Å². The number of amides is 3. The minimum absolute atomic E-state index is 0.101. The number of anilines is 1. The molecule has 1 saturated heterocycles. The van der Waals surface area contributed by atoms with Crippen LogP contribution in [0.2, 0.25) is 0 Å². The van der Waals surface area contributed by atoms with Crippen molar-refractivity contribution in [3.8, 4) is 11.5 Å². The van der Waals surface area contributed by atoms with Gasteiger partial charge in [0.25, 0.3) is 5.91 Å². The Morgan fingerprint density at radius 1 is 0.829 bits per heavy atom. The Kier molecular flexibility index (Phi) is 8.30. The molecule has 3 aromatic rings. The molecule has 4 rings (SSSR count). The van der Waals surface area contributed by atoms with Crippen molar-refractivity contribution in [2.75, 3.05) is 38.6 Å². The van der Waals surface area contributed by atoms with Crippen molar-refractivity contribution in [2.45, 2.75) is 6.61 Å². The minimum Gasteiger partial charge on any atom is -0.493 e. The lowest BCUT2D eigenvalue weighted by Gasteiger charge is -2.34. The molecule has 1 aliphatic rings. The van der Waals surface area contributed by atoms with Gasteiger partial charge in [0, 0.05) is 46.4 Å². The normalized spacial score (nSPS) is 13.3. The number of halogens is 2. The number of rotatable bonds is 6. The second-order valence-electron chi connectivity index (χ2n) is 8.00. The summed E-state index contributed by atoms with van der Waals surface area (Å²) in [4.78, 5) is 29.1. The average Bonchev–Trinajstić information content (AvgIpc) is 2.89. The van der Waals surface area contributed by atoms with Gasteiger partial charge in [-0.2, -0.15) is 0 Å². The largest absolute Gasteiger partial charge is 0.493 e. The van der Waals surface area contributed by atoms with Crippen LogP contribution in [0.3, 0.4) is 0 Å². The van der Waals surface area contributed by atoms with Crippen LogP contribution in [0, 0.1) is 0 Å². The predicted molar refractivity (Wildman–Crippen MR) is 142 cm³/mol. The predicted octanol–water partition coefficient (Wildman–Crippen LogP) is 5.79. The van der Waals surface area contributed by atoms with Crippen molar-refractivity contribution in [2.24, 2.45) is 0 Å². The first-order valence-electron chi connectivity index (χ1n) is 11.1. The molecule has 182 valence electrons. The second-order valence-corrected chi connectivity index (χ2v) is 9.83. The van der Waals surface area contributed by atoms with Crippen molar-refractivity contribution >= 4 is 49.5 Å². The first-order valence-corrected chi connectivity index (χ1v) is 12.7. The minimum atomic E-state index is -0.173. The molecule has 1 aliphatic heterocycles. The van der Waals surface area contributed by atoms with Gasteiger partial charge < -0.3 is 24.6 Å². The zero-order valence-corrected chi connectivity index (χ0v) is 22.3. The standard InChI is InChI=1S/C26H25Br2N3O4/c1-34-24-16-19(4-11-23(24)35-17-18-2-5-20(27)6-3-18)25(32)30-12-14-31(15-13-30)26(33)29-22-9-7-21(28)8-10-22/h2-11,16H,12-15,17H2,1H3,(H,29,33). The zero-order valence-electron chi connectivity index (χ0n) is 19.2. The molecule has 0 atom stereocenters. The first kappa shape index (κ1) is 25.1. The quantitative estimate of drug-likeness (QED) is 0.388. The first-order chi connectivity index (χ1) is 16.9. The number of carbonyl (C=O) groups is 2. The number of carbonyl (C=O) groups excluding carboxylic acids is 2. The highest BCUT2D eigenvalue weighted by atomic mass is 79.9. The molecule has 0 saturated carbocycles. The Balaban J connectivity index is 1.33. The number of nitrogens with one attached hydrogen (secondary N) is 1. The maximum absolute atomic E-state index is 13.1. The molecule has 3 aromatic carbocycles. The summed E-state index contributed by atoms with van der Waals surface area (Å²) < 4.78 is 13.3. The van der Waals surface area contributed by atoms with E-state index >= 15 is 0 Å². The summed E-state index contributed by atoms with van der Waals surface area (Å²) in [6.07, 6.45) is 0. The van der Waals surface area contributed by atoms with E-state index in [4.69, 9.17) is 9.47 Å². The van der Waals surface area contributed by atoms with E-state index in [0.29, 0.717) is 49.8 Å². The fourth-order valence-corrected chi connectivity index (χ4v) is 4.22. The molecule has 35 heavy (non-hydrogen) atoms. The monoisotopic (exact) mass is 601 g/mol. The molecule has 0 aromatic heterocycles. The Labute approximate surface area is 221 Å². The summed E-state index contributed by atoms with van der Waals surface area (Å²) in [6.45, 7) is 2.22. The lowest BCUT2D eigenvalue weighted by Crippen LogP contribution is -2.51. The number of nitrogens with zero attached hydrogens (tertiary/aromatic N) is 2. The lowest BCUT2D eigenvalue weighted by atomic mass is 10.1. The van der Waals surface area contributed by atoms with Gasteiger partial charge in [0.1, 0.15) is 6.61 Å². The van der Waals surface area contributed by atoms with Crippen molar-refractivity contribution in [1.82, 2.24) is 9.80 Å². The fourth-order valence-electron chi connectivity index (χ4n) is 3.69. The average molecular weight is 603 g/mol. The number of hydrogen-bond acceptors (Lipinski definition) is 4. The third kappa shape index (κ3) is 6.55. The molecule has 1 heterocycles. The zero-order chi connectivity index (χ0) is 24.8. The molecule has 9 heteroatoms. The fraction of sp³-hybridized carbons (Fsp3) is 0.231. The van der Waals surface area contributed by atoms with Crippen LogP contribution in [0.25, 0.3) is 0 Å². The van der Waals surface area contributed by atoms with E-state index in [1.54, 1.807) is 35.1 Å². The number of piperazine rings is 1. The molecule has 0 radical (unpaired) electrons. The smallest absolute Gasteiger partial charge is 0.321 e. The maximum Gasteiger partial charge on any atom is 0.321 e. The number of methoxy groups -OCH3 is 1. The van der Waals surface area contributed by atoms with Gasteiger partial charge in [-0.1, -0.05) is 44.0 Å². The van der Waals surface area contributed by atoms with Gasteiger partial charge in [-0.05, 0) is 60.2 Å². The van der Waals surface area contributed by atoms with Crippen molar-refractivity contribution in [3.05, 3.63) is 86.8 Å². The Morgan fingerprint density at radius 3 is 2.06 bits per heavy atom. The van der Waals surface area contributed by atoms with Crippen LogP contribution in [-0.4, -0.2) is 55.0 Å². The van der Waals surface area contributed by atoms with Gasteiger partial charge in [-0.3, -0.25) is 4.79 Å². The number of hydrogen-bond donors (Lipinski definition) is 1. The highest BCUT2D eigenvalue weighted by Gasteiger charge is 2.25. The summed E-state index contributed by atoms with van der Waals surface area (Å²) in [5.74, 6) is 0.970. The summed E-state index contributed by atoms with van der Waals surface area (Å²) in [5.41, 5.74) is 2.27. The van der Waals surface area contributed by atoms with E-state index in [-0.39, 0.29) is 11.9 Å². The Morgan fingerprint density at radius 2 is 1.43 bits per heavy atom. The van der Waals surface area contributed by atoms with Crippen molar-refractivity contribution in [1.29, 1.82) is 0 Å². The van der Waals surface area contributed by atoms with E-state index in [1.807, 2.05) is 48.5 Å². The summed E-state index contributed by atoms with van der Waals surface area (Å²) in [6, 6.07) is 20.3. The van der Waals surface area contributed by atoms with Crippen LogP contribution in [0.4, 0.5) is 10.5 Å². The van der Waals surface area contributed by atoms with Crippen LogP contribution in [-0.2, 0) is 6.61 Å². The molecule has 1 N–H and O–H groups in total. The third-order valence-electron chi connectivity index (χ3n) is 5.67. The van der Waals surface area contributed by atoms with E-state index in [2.05, 4.69) is 37.2 Å². The van der Waals surface area contributed by atoms with Gasteiger partial charge in [0.15, 0.2) is 11.5 Å². The highest BCUT2D eigenvalue weighted by Crippen LogP contribution is 2.29. The Hall–Kier alpha value is -3.04. The van der Waals surface area contributed by atoms with Gasteiger partial charge in [0.2, 0.25) is 0 Å². The molecule has 0 aliphatic carbocycles. The lowest BCUT2D eigenvalue weighted by molar-refractivity contribution is 0.0671. The van der Waals surface area contributed by atoms with Gasteiger partial charge in [0.05, 0.1) is 7.11 Å². The van der Waals surface area contributed by atoms with E-state index in [1.165, 1.54) is 0 Å². The molecular weight excluding hydrogens is 578 g/mol. The molecule has 0 bridgehead atoms. The summed E-state index contributed by atoms with van der Waals surface area (Å²) in [7, 11) is 1.55. The second kappa shape index (κ2) is 11.6. The van der Waals surface area contributed by atoms with Gasteiger partial charge in [-0.25, -0.2) is 4.79 Å². The van der Waals surface area contributed by atoms with Crippen LogP contribution in [0.1, 0.15) is 15.9 Å². The molecular formula is C26H25Br2N3O4. The van der Waals surface area contributed by atoms with Crippen LogP contribution >= 0.6 is 31.9 Å². The van der Waals surface area contributed by atoms with Crippen LogP contribution in [0.15, 0.2) is 75.7 Å². The van der Waals surface area contributed by atoms with E-state index < -0.39 is 0 Å². The van der Waals surface area contributed by atoms with E-state index in [0.717, 1.165) is 20.2 Å². The van der Waals surface area contributed by atoms with Crippen LogP contribution in [0.5, 0.6) is 11.5 Å². The van der Waals surface area contributed by atoms with E-state index in [9.17, 15) is 9.59 Å².